The maximum Gasteiger partial charge on any atom is 0.338 e. The van der Waals surface area contributed by atoms with Crippen LogP contribution in [0, 0.1) is 5.82 Å². The first kappa shape index (κ1) is 10.3. The van der Waals surface area contributed by atoms with Gasteiger partial charge < -0.3 is 10.2 Å². The van der Waals surface area contributed by atoms with Crippen LogP contribution in [0.2, 0.25) is 0 Å². The van der Waals surface area contributed by atoms with Gasteiger partial charge in [-0.15, -0.1) is 0 Å². The minimum Gasteiger partial charge on any atom is -0.478 e. The molecule has 0 atom stereocenters. The number of carbonyl (C=O) groups is 1. The predicted molar refractivity (Wildman–Crippen MR) is 47.3 cm³/mol. The summed E-state index contributed by atoms with van der Waals surface area (Å²) in [5.74, 6) is -2.24. The van der Waals surface area contributed by atoms with E-state index in [9.17, 15) is 9.18 Å². The van der Waals surface area contributed by atoms with E-state index in [4.69, 9.17) is 10.2 Å². The van der Waals surface area contributed by atoms with Gasteiger partial charge in [-0.3, -0.25) is 4.98 Å². The molecular formula is C9H8FNO3. The van der Waals surface area contributed by atoms with E-state index in [1.54, 1.807) is 0 Å². The number of halogens is 1. The first-order valence-electron chi connectivity index (χ1n) is 3.82. The average molecular weight is 197 g/mol. The number of hydrogen-bond acceptors (Lipinski definition) is 3. The Labute approximate surface area is 79.3 Å². The van der Waals surface area contributed by atoms with Gasteiger partial charge >= 0.3 is 5.97 Å². The minimum atomic E-state index is -1.34. The predicted octanol–water partition coefficient (Wildman–Crippen LogP) is 0.924. The van der Waals surface area contributed by atoms with Crippen molar-refractivity contribution in [3.8, 4) is 0 Å². The number of aliphatic hydroxyl groups is 1. The molecule has 0 spiro atoms. The molecule has 0 bridgehead atoms. The first-order chi connectivity index (χ1) is 6.66. The van der Waals surface area contributed by atoms with Crippen molar-refractivity contribution in [3.05, 3.63) is 35.4 Å². The van der Waals surface area contributed by atoms with Crippen molar-refractivity contribution in [2.24, 2.45) is 0 Å². The summed E-state index contributed by atoms with van der Waals surface area (Å²) in [5.41, 5.74) is -0.531. The van der Waals surface area contributed by atoms with Crippen molar-refractivity contribution < 1.29 is 19.4 Å². The standard InChI is InChI=1S/C9H8FNO3/c10-8-6(9(13)14)3-4-11-7(8)2-1-5-12/h1-4,12H,5H2,(H,13,14). The number of aromatic nitrogens is 1. The molecule has 0 aromatic carbocycles. The number of rotatable bonds is 3. The molecule has 0 aliphatic carbocycles. The summed E-state index contributed by atoms with van der Waals surface area (Å²) >= 11 is 0. The molecule has 1 aromatic rings. The molecule has 0 fully saturated rings. The van der Waals surface area contributed by atoms with E-state index >= 15 is 0 Å². The van der Waals surface area contributed by atoms with E-state index in [1.165, 1.54) is 18.3 Å². The number of aromatic carboxylic acids is 1. The van der Waals surface area contributed by atoms with Crippen molar-refractivity contribution in [2.75, 3.05) is 6.61 Å². The van der Waals surface area contributed by atoms with Gasteiger partial charge in [0.15, 0.2) is 5.82 Å². The maximum atomic E-state index is 13.3. The lowest BCUT2D eigenvalue weighted by atomic mass is 10.2. The lowest BCUT2D eigenvalue weighted by Crippen LogP contribution is -2.03. The van der Waals surface area contributed by atoms with E-state index < -0.39 is 17.3 Å². The van der Waals surface area contributed by atoms with Gasteiger partial charge in [0.05, 0.1) is 17.9 Å². The van der Waals surface area contributed by atoms with Crippen molar-refractivity contribution in [1.82, 2.24) is 4.98 Å². The van der Waals surface area contributed by atoms with Gasteiger partial charge in [-0.25, -0.2) is 9.18 Å². The highest BCUT2D eigenvalue weighted by Gasteiger charge is 2.12. The highest BCUT2D eigenvalue weighted by atomic mass is 19.1. The summed E-state index contributed by atoms with van der Waals surface area (Å²) in [4.78, 5) is 14.1. The Hall–Kier alpha value is -1.75. The van der Waals surface area contributed by atoms with Gasteiger partial charge in [-0.2, -0.15) is 0 Å². The monoisotopic (exact) mass is 197 g/mol. The Morgan fingerprint density at radius 2 is 2.36 bits per heavy atom. The number of pyridine rings is 1. The summed E-state index contributed by atoms with van der Waals surface area (Å²) in [6.07, 6.45) is 3.70. The second-order valence-corrected chi connectivity index (χ2v) is 2.45. The van der Waals surface area contributed by atoms with E-state index in [0.29, 0.717) is 0 Å². The Morgan fingerprint density at radius 1 is 1.64 bits per heavy atom. The topological polar surface area (TPSA) is 70.4 Å². The third-order valence-corrected chi connectivity index (χ3v) is 1.53. The fourth-order valence-corrected chi connectivity index (χ4v) is 0.906. The molecule has 0 saturated heterocycles. The molecule has 0 unspecified atom stereocenters. The summed E-state index contributed by atoms with van der Waals surface area (Å²) in [6, 6.07) is 1.08. The zero-order valence-corrected chi connectivity index (χ0v) is 7.14. The third kappa shape index (κ3) is 2.14. The van der Waals surface area contributed by atoms with E-state index in [2.05, 4.69) is 4.98 Å². The summed E-state index contributed by atoms with van der Waals surface area (Å²) in [7, 11) is 0. The van der Waals surface area contributed by atoms with Gasteiger partial charge in [-0.1, -0.05) is 6.08 Å². The number of carboxylic acid groups (broad SMARTS) is 1. The molecule has 14 heavy (non-hydrogen) atoms. The lowest BCUT2D eigenvalue weighted by Gasteiger charge is -1.99. The van der Waals surface area contributed by atoms with Crippen LogP contribution in [0.25, 0.3) is 6.08 Å². The van der Waals surface area contributed by atoms with Crippen LogP contribution in [0.15, 0.2) is 18.3 Å². The van der Waals surface area contributed by atoms with Crippen molar-refractivity contribution in [1.29, 1.82) is 0 Å². The fourth-order valence-electron chi connectivity index (χ4n) is 0.906. The van der Waals surface area contributed by atoms with E-state index in [1.807, 2.05) is 0 Å². The van der Waals surface area contributed by atoms with Crippen LogP contribution in [0.5, 0.6) is 0 Å². The van der Waals surface area contributed by atoms with Crippen LogP contribution in [-0.4, -0.2) is 27.8 Å². The van der Waals surface area contributed by atoms with Crippen LogP contribution < -0.4 is 0 Å². The first-order valence-corrected chi connectivity index (χ1v) is 3.82. The molecule has 5 heteroatoms. The van der Waals surface area contributed by atoms with Crippen LogP contribution in [0.4, 0.5) is 4.39 Å². The van der Waals surface area contributed by atoms with Crippen LogP contribution >= 0.6 is 0 Å². The largest absolute Gasteiger partial charge is 0.478 e. The van der Waals surface area contributed by atoms with Gasteiger partial charge in [0.25, 0.3) is 0 Å². The van der Waals surface area contributed by atoms with Gasteiger partial charge in [0, 0.05) is 6.20 Å². The Morgan fingerprint density at radius 3 is 2.93 bits per heavy atom. The number of hydrogen-bond donors (Lipinski definition) is 2. The maximum absolute atomic E-state index is 13.3. The molecule has 0 aliphatic rings. The molecule has 0 radical (unpaired) electrons. The Bertz CT molecular complexity index is 376. The van der Waals surface area contributed by atoms with Gasteiger partial charge in [0.2, 0.25) is 0 Å². The molecule has 4 nitrogen and oxygen atoms in total. The van der Waals surface area contributed by atoms with Crippen LogP contribution in [0.1, 0.15) is 16.1 Å². The molecule has 0 aliphatic heterocycles. The highest BCUT2D eigenvalue weighted by molar-refractivity contribution is 5.88. The smallest absolute Gasteiger partial charge is 0.338 e. The van der Waals surface area contributed by atoms with Crippen molar-refractivity contribution >= 4 is 12.0 Å². The summed E-state index contributed by atoms with van der Waals surface area (Å²) < 4.78 is 13.3. The highest BCUT2D eigenvalue weighted by Crippen LogP contribution is 2.11. The third-order valence-electron chi connectivity index (χ3n) is 1.53. The average Bonchev–Trinajstić information content (AvgIpc) is 2.16. The zero-order chi connectivity index (χ0) is 10.6. The molecule has 0 amide bonds. The van der Waals surface area contributed by atoms with Crippen molar-refractivity contribution in [2.45, 2.75) is 0 Å². The van der Waals surface area contributed by atoms with Gasteiger partial charge in [-0.05, 0) is 12.1 Å². The van der Waals surface area contributed by atoms with Gasteiger partial charge in [0.1, 0.15) is 0 Å². The normalized spacial score (nSPS) is 10.7. The second kappa shape index (κ2) is 4.48. The Kier molecular flexibility index (Phi) is 3.30. The lowest BCUT2D eigenvalue weighted by molar-refractivity contribution is 0.0691. The summed E-state index contributed by atoms with van der Waals surface area (Å²) in [6.45, 7) is -0.252. The molecule has 1 rings (SSSR count). The number of carboxylic acids is 1. The molecule has 74 valence electrons. The molecule has 1 aromatic heterocycles. The Balaban J connectivity index is 3.14. The van der Waals surface area contributed by atoms with E-state index in [0.717, 1.165) is 6.07 Å². The van der Waals surface area contributed by atoms with Crippen molar-refractivity contribution in [3.63, 3.8) is 0 Å². The molecule has 2 N–H and O–H groups in total. The summed E-state index contributed by atoms with van der Waals surface area (Å²) in [5, 5.41) is 17.0. The number of aliphatic hydroxyl groups excluding tert-OH is 1. The fraction of sp³-hybridized carbons (Fsp3) is 0.111. The van der Waals surface area contributed by atoms with Crippen LogP contribution in [0.3, 0.4) is 0 Å². The quantitative estimate of drug-likeness (QED) is 0.756. The number of nitrogens with zero attached hydrogens (tertiary/aromatic N) is 1. The minimum absolute atomic E-state index is 0.0982. The SMILES string of the molecule is O=C(O)c1ccnc(C=CCO)c1F. The zero-order valence-electron chi connectivity index (χ0n) is 7.14. The molecular weight excluding hydrogens is 189 g/mol. The molecule has 0 saturated carbocycles. The van der Waals surface area contributed by atoms with E-state index in [-0.39, 0.29) is 12.3 Å². The molecule has 1 heterocycles. The second-order valence-electron chi connectivity index (χ2n) is 2.45. The van der Waals surface area contributed by atoms with Crippen LogP contribution in [-0.2, 0) is 0 Å².